The largest absolute Gasteiger partial charge is 0.508 e. The van der Waals surface area contributed by atoms with Gasteiger partial charge in [-0.05, 0) is 125 Å². The molecule has 17 bridgehead atoms. The number of nitrogens with two attached hydrogens (primary N) is 1. The zero-order valence-corrected chi connectivity index (χ0v) is 53.3. The van der Waals surface area contributed by atoms with Crippen LogP contribution in [-0.4, -0.2) is 101 Å². The summed E-state index contributed by atoms with van der Waals surface area (Å²) in [6.07, 6.45) is 5.70. The van der Waals surface area contributed by atoms with Crippen molar-refractivity contribution in [1.29, 1.82) is 0 Å². The molecule has 506 valence electrons. The standard InChI is InChI=1S/C69H68Cl2N8O18/c1-2-3-4-5-6-7-8-9-18-73-30-41-47(83)29-40-53(61(41)85)39-23-33(12-14-45(39)81)55-65(89)79-59(68(92)78-58(40)69(93)94)60(84)34-13-17-49(43(71)24-34)97-52-27-36-26-51(62(52)86)96-48-16-10-31(19-42(48)70)20-44-63(87)75-56(66(90)77-57(36)67(91)76-55)35-21-37(80)28-38(22-35)95-50-25-32(11-15-46(50)82)54(72)64(88)74-44/h10-17,19,21-29,44,54-60,73,80-86H,2-9,18,20,30,72H2,1H3,(H,74,88)(H,75,87)(H,76,91)(H,77,90)(H,78,92)(H,79,89)(H,93,94)/t44-,54+,55-,56-,57-,58-,59-,60?/m0/s1. The minimum Gasteiger partial charge on any atom is -0.508 e. The van der Waals surface area contributed by atoms with Gasteiger partial charge in [0.15, 0.2) is 29.0 Å². The highest BCUT2D eigenvalue weighted by molar-refractivity contribution is 6.32. The number of fused-ring (bicyclic) bond motifs is 14. The van der Waals surface area contributed by atoms with Crippen molar-refractivity contribution in [1.82, 2.24) is 37.2 Å². The van der Waals surface area contributed by atoms with Gasteiger partial charge in [0.05, 0.1) is 15.6 Å². The van der Waals surface area contributed by atoms with Crippen LogP contribution in [0.15, 0.2) is 109 Å². The van der Waals surface area contributed by atoms with E-state index in [-0.39, 0.29) is 85.0 Å². The molecule has 26 nitrogen and oxygen atoms in total. The smallest absolute Gasteiger partial charge is 0.330 e. The first-order valence-corrected chi connectivity index (χ1v) is 32.0. The Hall–Kier alpha value is -10.5. The topological polar surface area (TPSA) is 419 Å². The molecule has 7 aromatic rings. The third-order valence-electron chi connectivity index (χ3n) is 17.2. The van der Waals surface area contributed by atoms with E-state index >= 15 is 19.2 Å². The number of benzene rings is 7. The van der Waals surface area contributed by atoms with Crippen molar-refractivity contribution < 1.29 is 88.6 Å². The summed E-state index contributed by atoms with van der Waals surface area (Å²) in [4.78, 5) is 105. The second-order valence-corrected chi connectivity index (χ2v) is 24.8. The second-order valence-electron chi connectivity index (χ2n) is 24.0. The normalized spacial score (nSPS) is 20.8. The summed E-state index contributed by atoms with van der Waals surface area (Å²) < 4.78 is 18.6. The van der Waals surface area contributed by atoms with Gasteiger partial charge in [-0.25, -0.2) is 4.79 Å². The molecule has 97 heavy (non-hydrogen) atoms. The molecule has 1 unspecified atom stereocenters. The number of ether oxygens (including phenoxy) is 3. The van der Waals surface area contributed by atoms with Crippen LogP contribution in [0, 0.1) is 0 Å². The summed E-state index contributed by atoms with van der Waals surface area (Å²) in [6, 6.07) is 7.65. The van der Waals surface area contributed by atoms with Crippen LogP contribution in [0.4, 0.5) is 0 Å². The Balaban J connectivity index is 1.09. The lowest BCUT2D eigenvalue weighted by atomic mass is 9.88. The number of amides is 6. The van der Waals surface area contributed by atoms with Gasteiger partial charge in [-0.3, -0.25) is 28.8 Å². The van der Waals surface area contributed by atoms with Crippen molar-refractivity contribution in [2.24, 2.45) is 5.73 Å². The van der Waals surface area contributed by atoms with E-state index in [9.17, 15) is 55.2 Å². The highest BCUT2D eigenvalue weighted by Crippen LogP contribution is 2.49. The molecule has 6 heterocycles. The first-order chi connectivity index (χ1) is 46.4. The third kappa shape index (κ3) is 14.7. The van der Waals surface area contributed by atoms with Gasteiger partial charge in [-0.2, -0.15) is 0 Å². The molecule has 6 aliphatic rings. The fourth-order valence-electron chi connectivity index (χ4n) is 12.1. The molecule has 0 spiro atoms. The minimum absolute atomic E-state index is 0.121. The van der Waals surface area contributed by atoms with Crippen molar-refractivity contribution in [2.45, 2.75) is 120 Å². The van der Waals surface area contributed by atoms with Crippen LogP contribution in [-0.2, 0) is 46.5 Å². The molecular formula is C69H68Cl2N8O18. The molecule has 13 rings (SSSR count). The van der Waals surface area contributed by atoms with Gasteiger partial charge in [0, 0.05) is 35.7 Å². The lowest BCUT2D eigenvalue weighted by Gasteiger charge is -2.31. The van der Waals surface area contributed by atoms with E-state index in [1.165, 1.54) is 54.6 Å². The van der Waals surface area contributed by atoms with Gasteiger partial charge in [0.25, 0.3) is 0 Å². The van der Waals surface area contributed by atoms with E-state index < -0.39 is 147 Å². The molecule has 0 saturated heterocycles. The Morgan fingerprint density at radius 3 is 1.79 bits per heavy atom. The summed E-state index contributed by atoms with van der Waals surface area (Å²) in [7, 11) is 0. The van der Waals surface area contributed by atoms with Gasteiger partial charge in [0.1, 0.15) is 82.6 Å². The number of aliphatic hydroxyl groups is 1. The molecule has 6 aliphatic heterocycles. The van der Waals surface area contributed by atoms with Crippen LogP contribution in [0.2, 0.25) is 10.0 Å². The number of rotatable bonds is 12. The zero-order valence-electron chi connectivity index (χ0n) is 51.8. The molecule has 0 radical (unpaired) electrons. The minimum atomic E-state index is -2.21. The van der Waals surface area contributed by atoms with E-state index in [0.29, 0.717) is 12.1 Å². The maximum Gasteiger partial charge on any atom is 0.330 e. The van der Waals surface area contributed by atoms with Crippen LogP contribution in [0.1, 0.15) is 139 Å². The van der Waals surface area contributed by atoms with Crippen molar-refractivity contribution in [3.05, 3.63) is 164 Å². The lowest BCUT2D eigenvalue weighted by molar-refractivity contribution is -0.143. The molecule has 7 aromatic carbocycles. The molecule has 8 atom stereocenters. The van der Waals surface area contributed by atoms with Crippen LogP contribution in [0.25, 0.3) is 11.1 Å². The van der Waals surface area contributed by atoms with E-state index in [0.717, 1.165) is 106 Å². The zero-order chi connectivity index (χ0) is 69.1. The Morgan fingerprint density at radius 1 is 0.536 bits per heavy atom. The van der Waals surface area contributed by atoms with Crippen molar-refractivity contribution >= 4 is 64.6 Å². The number of hydrogen-bond donors (Lipinski definition) is 16. The number of hydrogen-bond acceptors (Lipinski definition) is 19. The fraction of sp³-hybridized carbons (Fsp3) is 0.290. The van der Waals surface area contributed by atoms with Gasteiger partial charge >= 0.3 is 5.97 Å². The van der Waals surface area contributed by atoms with Gasteiger partial charge < -0.3 is 98.0 Å². The first kappa shape index (κ1) is 67.9. The van der Waals surface area contributed by atoms with Crippen LogP contribution >= 0.6 is 23.2 Å². The van der Waals surface area contributed by atoms with Gasteiger partial charge in [-0.1, -0.05) is 99.3 Å². The number of halogens is 2. The van der Waals surface area contributed by atoms with Gasteiger partial charge in [0.2, 0.25) is 41.2 Å². The number of phenolic OH excluding ortho intramolecular Hbond substituents is 6. The molecule has 6 amide bonds. The summed E-state index contributed by atoms with van der Waals surface area (Å²) >= 11 is 13.8. The van der Waals surface area contributed by atoms with E-state index in [2.05, 4.69) is 44.1 Å². The average molecular weight is 1370 g/mol. The Morgan fingerprint density at radius 2 is 1.12 bits per heavy atom. The molecule has 0 fully saturated rings. The highest BCUT2D eigenvalue weighted by atomic mass is 35.5. The second kappa shape index (κ2) is 28.8. The predicted octanol–water partition coefficient (Wildman–Crippen LogP) is 8.22. The average Bonchev–Trinajstić information content (AvgIpc) is 0.763. The number of aliphatic hydroxyl groups excluding tert-OH is 1. The van der Waals surface area contributed by atoms with Crippen molar-refractivity contribution in [3.8, 4) is 80.1 Å². The summed E-state index contributed by atoms with van der Waals surface area (Å²) in [5, 5.41) is 112. The monoisotopic (exact) mass is 1370 g/mol. The summed E-state index contributed by atoms with van der Waals surface area (Å²) in [6.45, 7) is 2.38. The lowest BCUT2D eigenvalue weighted by Crippen LogP contribution is -2.55. The number of carbonyl (C=O) groups is 7. The number of carboxylic acid groups (broad SMARTS) is 1. The molecule has 0 aromatic heterocycles. The van der Waals surface area contributed by atoms with Crippen LogP contribution in [0.5, 0.6) is 69.0 Å². The Bertz CT molecular complexity index is 4310. The van der Waals surface area contributed by atoms with E-state index in [4.69, 9.17) is 43.1 Å². The van der Waals surface area contributed by atoms with Gasteiger partial charge in [-0.15, -0.1) is 0 Å². The first-order valence-electron chi connectivity index (χ1n) is 31.2. The number of aromatic hydroxyl groups is 6. The van der Waals surface area contributed by atoms with Crippen molar-refractivity contribution in [2.75, 3.05) is 6.54 Å². The number of phenols is 6. The SMILES string of the molecule is CCCCCCCCCCNCc1c(O)cc2c(c1O)-c1cc(ccc1O)[C@@H]1NC(=O)[C@H]3NC(=O)[C@H]4NC(=O)[C@H](Cc5ccc(c(Cl)c5)Oc5cc3cc(c5O)Oc3ccc(cc3Cl)C(O)[C@H](NC1=O)C(=O)N[C@@H]2C(=O)O)NC(=O)[C@H](N)c1ccc(O)c(c1)Oc1cc(O)cc4c1. The van der Waals surface area contributed by atoms with E-state index in [1.807, 2.05) is 0 Å². The molecule has 28 heteroatoms. The van der Waals surface area contributed by atoms with Crippen molar-refractivity contribution in [3.63, 3.8) is 0 Å². The number of carbonyl (C=O) groups excluding carboxylic acids is 6. The molecule has 0 saturated carbocycles. The van der Waals surface area contributed by atoms with E-state index in [1.54, 1.807) is 0 Å². The number of carboxylic acids is 1. The molecule has 17 N–H and O–H groups in total. The number of nitrogens with one attached hydrogen (secondary N) is 7. The molecule has 0 aliphatic carbocycles. The number of aliphatic carboxylic acids is 1. The van der Waals surface area contributed by atoms with Crippen LogP contribution in [0.3, 0.4) is 0 Å². The highest BCUT2D eigenvalue weighted by Gasteiger charge is 2.42. The Labute approximate surface area is 563 Å². The molecular weight excluding hydrogens is 1300 g/mol. The quantitative estimate of drug-likeness (QED) is 0.0512. The third-order valence-corrected chi connectivity index (χ3v) is 17.8. The summed E-state index contributed by atoms with van der Waals surface area (Å²) in [5.74, 6) is -14.7. The maximum atomic E-state index is 16.0. The maximum absolute atomic E-state index is 16.0. The summed E-state index contributed by atoms with van der Waals surface area (Å²) in [5.41, 5.74) is 4.38. The fourth-order valence-corrected chi connectivity index (χ4v) is 12.5. The Kier molecular flexibility index (Phi) is 20.2. The van der Waals surface area contributed by atoms with Crippen LogP contribution < -0.4 is 57.2 Å². The predicted molar refractivity (Wildman–Crippen MR) is 349 cm³/mol. The number of unbranched alkanes of at least 4 members (excludes halogenated alkanes) is 7.